The van der Waals surface area contributed by atoms with Crippen LogP contribution >= 0.6 is 0 Å². The lowest BCUT2D eigenvalue weighted by Crippen LogP contribution is -2.21. The summed E-state index contributed by atoms with van der Waals surface area (Å²) in [6.45, 7) is 9.21. The maximum Gasteiger partial charge on any atom is 0.222 e. The van der Waals surface area contributed by atoms with Crippen LogP contribution in [0.1, 0.15) is 49.3 Å². The Balaban J connectivity index is 1.56. The monoisotopic (exact) mass is 378 g/mol. The van der Waals surface area contributed by atoms with Gasteiger partial charge in [-0.25, -0.2) is 19.3 Å². The fraction of sp³-hybridized carbons (Fsp3) is 0.381. The Bertz CT molecular complexity index is 1120. The molecule has 1 aliphatic carbocycles. The average Bonchev–Trinajstić information content (AvgIpc) is 3.34. The van der Waals surface area contributed by atoms with Crippen LogP contribution in [0.15, 0.2) is 30.7 Å². The van der Waals surface area contributed by atoms with Gasteiger partial charge in [0.2, 0.25) is 5.95 Å². The zero-order chi connectivity index (χ0) is 19.6. The van der Waals surface area contributed by atoms with Crippen molar-refractivity contribution < 1.29 is 4.39 Å². The number of aromatic nitrogens is 4. The van der Waals surface area contributed by atoms with Crippen molar-refractivity contribution in [2.75, 3.05) is 11.9 Å². The van der Waals surface area contributed by atoms with Crippen molar-refractivity contribution in [3.05, 3.63) is 59.1 Å². The Kier molecular flexibility index (Phi) is 3.61. The molecule has 4 heterocycles. The van der Waals surface area contributed by atoms with Crippen LogP contribution in [0.3, 0.4) is 0 Å². The smallest absolute Gasteiger partial charge is 0.222 e. The van der Waals surface area contributed by atoms with Crippen molar-refractivity contribution in [3.63, 3.8) is 0 Å². The molecular formula is C21H23FN6. The zero-order valence-electron chi connectivity index (χ0n) is 16.4. The maximum atomic E-state index is 14.6. The quantitative estimate of drug-likeness (QED) is 0.682. The van der Waals surface area contributed by atoms with E-state index in [9.17, 15) is 4.39 Å². The van der Waals surface area contributed by atoms with Crippen LogP contribution in [0.25, 0.3) is 11.2 Å². The lowest BCUT2D eigenvalue weighted by molar-refractivity contribution is 0.441. The number of nitrogens with one attached hydrogen (secondary N) is 2. The molecule has 3 aromatic rings. The molecule has 0 aromatic carbocycles. The molecule has 7 heteroatoms. The summed E-state index contributed by atoms with van der Waals surface area (Å²) in [6.07, 6.45) is 7.61. The highest BCUT2D eigenvalue weighted by Gasteiger charge is 2.43. The second-order valence-corrected chi connectivity index (χ2v) is 8.83. The van der Waals surface area contributed by atoms with E-state index in [-0.39, 0.29) is 23.3 Å². The third-order valence-electron chi connectivity index (χ3n) is 5.20. The third-order valence-corrected chi connectivity index (χ3v) is 5.20. The molecule has 0 saturated carbocycles. The molecule has 1 fully saturated rings. The van der Waals surface area contributed by atoms with Crippen molar-refractivity contribution in [2.24, 2.45) is 5.41 Å². The van der Waals surface area contributed by atoms with Crippen molar-refractivity contribution >= 4 is 17.2 Å². The van der Waals surface area contributed by atoms with Crippen LogP contribution in [0.5, 0.6) is 0 Å². The first-order valence-corrected chi connectivity index (χ1v) is 9.53. The molecule has 1 aliphatic heterocycles. The number of hydrogen-bond donors (Lipinski definition) is 2. The van der Waals surface area contributed by atoms with Crippen molar-refractivity contribution in [3.8, 4) is 0 Å². The number of rotatable bonds is 3. The molecule has 1 unspecified atom stereocenters. The Morgan fingerprint density at radius 3 is 2.86 bits per heavy atom. The van der Waals surface area contributed by atoms with Gasteiger partial charge in [0.25, 0.3) is 0 Å². The standard InChI is InChI=1S/C21H23FN6/c1-11-7-23-19-15(22)5-12(9-28(11)19)13-6-16-18(26-16)17-14(13)8-24-20(27-17)25-10-21(2,3)4/h5-9,16,18,26H,10H2,1-4H3,(H,24,25,27)/t16-,18?/m0/s1. The van der Waals surface area contributed by atoms with Gasteiger partial charge in [0, 0.05) is 48.0 Å². The molecule has 1 saturated heterocycles. The zero-order valence-corrected chi connectivity index (χ0v) is 16.4. The second-order valence-electron chi connectivity index (χ2n) is 8.83. The molecule has 0 spiro atoms. The Hall–Kier alpha value is -2.80. The Morgan fingerprint density at radius 1 is 1.25 bits per heavy atom. The summed E-state index contributed by atoms with van der Waals surface area (Å²) >= 11 is 0. The van der Waals surface area contributed by atoms with Gasteiger partial charge in [-0.3, -0.25) is 5.32 Å². The van der Waals surface area contributed by atoms with Crippen LogP contribution < -0.4 is 10.6 Å². The van der Waals surface area contributed by atoms with Gasteiger partial charge in [0.15, 0.2) is 11.5 Å². The summed E-state index contributed by atoms with van der Waals surface area (Å²) in [4.78, 5) is 13.4. The summed E-state index contributed by atoms with van der Waals surface area (Å²) in [5, 5.41) is 6.76. The van der Waals surface area contributed by atoms with Gasteiger partial charge in [-0.2, -0.15) is 0 Å². The van der Waals surface area contributed by atoms with E-state index in [0.29, 0.717) is 11.6 Å². The number of nitrogens with zero attached hydrogens (tertiary/aromatic N) is 4. The van der Waals surface area contributed by atoms with E-state index in [4.69, 9.17) is 4.98 Å². The number of imidazole rings is 1. The highest BCUT2D eigenvalue weighted by Crippen LogP contribution is 2.43. The molecule has 0 amide bonds. The fourth-order valence-corrected chi connectivity index (χ4v) is 3.65. The predicted octanol–water partition coefficient (Wildman–Crippen LogP) is 3.49. The van der Waals surface area contributed by atoms with Gasteiger partial charge < -0.3 is 9.72 Å². The van der Waals surface area contributed by atoms with Crippen LogP contribution in [0, 0.1) is 18.2 Å². The highest BCUT2D eigenvalue weighted by molar-refractivity contribution is 5.84. The normalized spacial score (nSPS) is 20.5. The number of hydrogen-bond acceptors (Lipinski definition) is 5. The molecule has 0 radical (unpaired) electrons. The van der Waals surface area contributed by atoms with E-state index in [0.717, 1.165) is 34.6 Å². The molecule has 0 bridgehead atoms. The SMILES string of the molecule is Cc1cnc2c(F)cc(C3=C[C@@H]4NC4c4nc(NCC(C)(C)C)ncc43)cn12. The molecule has 6 nitrogen and oxygen atoms in total. The van der Waals surface area contributed by atoms with Gasteiger partial charge >= 0.3 is 0 Å². The summed E-state index contributed by atoms with van der Waals surface area (Å²) in [6, 6.07) is 1.99. The first-order chi connectivity index (χ1) is 13.3. The molecular weight excluding hydrogens is 355 g/mol. The van der Waals surface area contributed by atoms with Crippen LogP contribution in [0.2, 0.25) is 0 Å². The second kappa shape index (κ2) is 5.85. The van der Waals surface area contributed by atoms with Gasteiger partial charge in [-0.05, 0) is 24.0 Å². The van der Waals surface area contributed by atoms with E-state index in [1.165, 1.54) is 0 Å². The number of pyridine rings is 1. The predicted molar refractivity (Wildman–Crippen MR) is 107 cm³/mol. The maximum absolute atomic E-state index is 14.6. The molecule has 144 valence electrons. The third kappa shape index (κ3) is 2.86. The van der Waals surface area contributed by atoms with E-state index in [1.807, 2.05) is 19.3 Å². The van der Waals surface area contributed by atoms with Gasteiger partial charge in [0.1, 0.15) is 0 Å². The Labute approximate surface area is 162 Å². The summed E-state index contributed by atoms with van der Waals surface area (Å²) in [5.74, 6) is 0.303. The van der Waals surface area contributed by atoms with Crippen molar-refractivity contribution in [1.29, 1.82) is 0 Å². The van der Waals surface area contributed by atoms with Gasteiger partial charge in [0.05, 0.1) is 11.7 Å². The lowest BCUT2D eigenvalue weighted by atomic mass is 9.91. The summed E-state index contributed by atoms with van der Waals surface area (Å²) < 4.78 is 16.4. The molecule has 5 rings (SSSR count). The van der Waals surface area contributed by atoms with E-state index < -0.39 is 0 Å². The number of anilines is 1. The number of halogens is 1. The van der Waals surface area contributed by atoms with E-state index >= 15 is 0 Å². The average molecular weight is 378 g/mol. The molecule has 3 aromatic heterocycles. The fourth-order valence-electron chi connectivity index (χ4n) is 3.65. The van der Waals surface area contributed by atoms with Crippen molar-refractivity contribution in [2.45, 2.75) is 39.8 Å². The van der Waals surface area contributed by atoms with Crippen molar-refractivity contribution in [1.82, 2.24) is 24.7 Å². The number of fused-ring (bicyclic) bond motifs is 4. The van der Waals surface area contributed by atoms with E-state index in [1.54, 1.807) is 16.7 Å². The lowest BCUT2D eigenvalue weighted by Gasteiger charge is -2.20. The minimum Gasteiger partial charge on any atom is -0.354 e. The van der Waals surface area contributed by atoms with Crippen LogP contribution in [-0.2, 0) is 0 Å². The van der Waals surface area contributed by atoms with Gasteiger partial charge in [-0.15, -0.1) is 0 Å². The number of aryl methyl sites for hydroxylation is 1. The van der Waals surface area contributed by atoms with Crippen LogP contribution in [-0.4, -0.2) is 31.9 Å². The first kappa shape index (κ1) is 17.3. The van der Waals surface area contributed by atoms with Gasteiger partial charge in [-0.1, -0.05) is 26.8 Å². The topological polar surface area (TPSA) is 77.0 Å². The molecule has 28 heavy (non-hydrogen) atoms. The van der Waals surface area contributed by atoms with Crippen LogP contribution in [0.4, 0.5) is 10.3 Å². The molecule has 2 aliphatic rings. The molecule has 2 N–H and O–H groups in total. The minimum absolute atomic E-state index is 0.139. The minimum atomic E-state index is -0.330. The Morgan fingerprint density at radius 2 is 2.07 bits per heavy atom. The van der Waals surface area contributed by atoms with E-state index in [2.05, 4.69) is 47.4 Å². The highest BCUT2D eigenvalue weighted by atomic mass is 19.1. The summed E-state index contributed by atoms with van der Waals surface area (Å²) in [7, 11) is 0. The largest absolute Gasteiger partial charge is 0.354 e. The summed E-state index contributed by atoms with van der Waals surface area (Å²) in [5.41, 5.74) is 5.06. The molecule has 2 atom stereocenters. The first-order valence-electron chi connectivity index (χ1n) is 9.53.